The number of nitrogens with one attached hydrogen (secondary N) is 2. The Bertz CT molecular complexity index is 287. The van der Waals surface area contributed by atoms with E-state index in [1.165, 1.54) is 38.5 Å². The van der Waals surface area contributed by atoms with E-state index in [4.69, 9.17) is 5.73 Å². The number of carbonyl (C=O) groups is 1. The second-order valence-corrected chi connectivity index (χ2v) is 6.02. The molecule has 1 saturated heterocycles. The Morgan fingerprint density at radius 2 is 1.94 bits per heavy atom. The highest BCUT2D eigenvalue weighted by molar-refractivity contribution is 5.85. The summed E-state index contributed by atoms with van der Waals surface area (Å²) in [6, 6.07) is 0.473. The van der Waals surface area contributed by atoms with Crippen molar-refractivity contribution < 1.29 is 4.79 Å². The SMILES string of the molecule is CC1CNCCC1(NC1CCCCCC1)C(N)=O. The average molecular weight is 253 g/mol. The third-order valence-electron chi connectivity index (χ3n) is 4.74. The topological polar surface area (TPSA) is 67.2 Å². The number of hydrogen-bond acceptors (Lipinski definition) is 3. The van der Waals surface area contributed by atoms with Gasteiger partial charge in [-0.05, 0) is 38.3 Å². The molecule has 0 aromatic carbocycles. The Morgan fingerprint density at radius 3 is 2.50 bits per heavy atom. The smallest absolute Gasteiger partial charge is 0.238 e. The number of piperidine rings is 1. The molecule has 1 heterocycles. The zero-order chi connectivity index (χ0) is 13.0. The minimum Gasteiger partial charge on any atom is -0.368 e. The third-order valence-corrected chi connectivity index (χ3v) is 4.74. The van der Waals surface area contributed by atoms with Crippen molar-refractivity contribution in [3.8, 4) is 0 Å². The molecule has 104 valence electrons. The predicted octanol–water partition coefficient (Wildman–Crippen LogP) is 1.15. The number of nitrogens with two attached hydrogens (primary N) is 1. The Labute approximate surface area is 110 Å². The fraction of sp³-hybridized carbons (Fsp3) is 0.929. The molecule has 0 aromatic heterocycles. The molecule has 4 heteroatoms. The lowest BCUT2D eigenvalue weighted by atomic mass is 9.78. The van der Waals surface area contributed by atoms with Crippen molar-refractivity contribution in [1.82, 2.24) is 10.6 Å². The van der Waals surface area contributed by atoms with E-state index in [-0.39, 0.29) is 11.8 Å². The van der Waals surface area contributed by atoms with Crippen molar-refractivity contribution >= 4 is 5.91 Å². The first-order valence-electron chi connectivity index (χ1n) is 7.43. The maximum atomic E-state index is 12.0. The van der Waals surface area contributed by atoms with Crippen molar-refractivity contribution in [2.45, 2.75) is 63.5 Å². The number of amides is 1. The first-order chi connectivity index (χ1) is 8.65. The van der Waals surface area contributed by atoms with Crippen LogP contribution in [0, 0.1) is 5.92 Å². The van der Waals surface area contributed by atoms with Crippen LogP contribution < -0.4 is 16.4 Å². The maximum Gasteiger partial charge on any atom is 0.238 e. The van der Waals surface area contributed by atoms with Crippen molar-refractivity contribution in [3.05, 3.63) is 0 Å². The lowest BCUT2D eigenvalue weighted by Gasteiger charge is -2.43. The van der Waals surface area contributed by atoms with Crippen LogP contribution in [0.3, 0.4) is 0 Å². The van der Waals surface area contributed by atoms with Crippen LogP contribution in [-0.2, 0) is 4.79 Å². The normalized spacial score (nSPS) is 35.1. The molecule has 2 atom stereocenters. The zero-order valence-electron chi connectivity index (χ0n) is 11.5. The lowest BCUT2D eigenvalue weighted by molar-refractivity contribution is -0.128. The van der Waals surface area contributed by atoms with Crippen molar-refractivity contribution in [2.24, 2.45) is 11.7 Å². The van der Waals surface area contributed by atoms with E-state index < -0.39 is 5.54 Å². The molecule has 1 aliphatic carbocycles. The van der Waals surface area contributed by atoms with E-state index in [1.54, 1.807) is 0 Å². The highest BCUT2D eigenvalue weighted by atomic mass is 16.1. The fourth-order valence-corrected chi connectivity index (χ4v) is 3.46. The number of hydrogen-bond donors (Lipinski definition) is 3. The van der Waals surface area contributed by atoms with Crippen LogP contribution in [0.25, 0.3) is 0 Å². The van der Waals surface area contributed by atoms with Gasteiger partial charge in [0.1, 0.15) is 5.54 Å². The van der Waals surface area contributed by atoms with Gasteiger partial charge in [0.2, 0.25) is 5.91 Å². The fourth-order valence-electron chi connectivity index (χ4n) is 3.46. The maximum absolute atomic E-state index is 12.0. The summed E-state index contributed by atoms with van der Waals surface area (Å²) < 4.78 is 0. The van der Waals surface area contributed by atoms with Gasteiger partial charge in [0.25, 0.3) is 0 Å². The molecule has 0 spiro atoms. The molecule has 1 saturated carbocycles. The van der Waals surface area contributed by atoms with Crippen molar-refractivity contribution in [3.63, 3.8) is 0 Å². The Morgan fingerprint density at radius 1 is 1.28 bits per heavy atom. The second-order valence-electron chi connectivity index (χ2n) is 6.02. The van der Waals surface area contributed by atoms with Crippen LogP contribution in [-0.4, -0.2) is 30.6 Å². The van der Waals surface area contributed by atoms with Crippen LogP contribution in [0.5, 0.6) is 0 Å². The summed E-state index contributed by atoms with van der Waals surface area (Å²) in [5.74, 6) is 0.104. The Hall–Kier alpha value is -0.610. The Balaban J connectivity index is 2.06. The molecule has 0 aromatic rings. The highest BCUT2D eigenvalue weighted by Crippen LogP contribution is 2.27. The largest absolute Gasteiger partial charge is 0.368 e. The molecule has 4 nitrogen and oxygen atoms in total. The van der Waals surface area contributed by atoms with Crippen LogP contribution in [0.2, 0.25) is 0 Å². The summed E-state index contributed by atoms with van der Waals surface area (Å²) in [7, 11) is 0. The van der Waals surface area contributed by atoms with E-state index in [9.17, 15) is 4.79 Å². The molecule has 2 rings (SSSR count). The minimum absolute atomic E-state index is 0.166. The number of carbonyl (C=O) groups excluding carboxylic acids is 1. The summed E-state index contributed by atoms with van der Waals surface area (Å²) in [6.45, 7) is 3.89. The van der Waals surface area contributed by atoms with Gasteiger partial charge in [0, 0.05) is 6.04 Å². The van der Waals surface area contributed by atoms with E-state index in [2.05, 4.69) is 17.6 Å². The number of primary amides is 1. The third kappa shape index (κ3) is 2.86. The Kier molecular flexibility index (Phi) is 4.62. The summed E-state index contributed by atoms with van der Waals surface area (Å²) in [5.41, 5.74) is 5.23. The van der Waals surface area contributed by atoms with Crippen LogP contribution in [0.15, 0.2) is 0 Å². The first-order valence-corrected chi connectivity index (χ1v) is 7.43. The van der Waals surface area contributed by atoms with E-state index in [0.29, 0.717) is 6.04 Å². The van der Waals surface area contributed by atoms with E-state index in [1.807, 2.05) is 0 Å². The summed E-state index contributed by atoms with van der Waals surface area (Å²) in [5, 5.41) is 6.99. The highest BCUT2D eigenvalue weighted by Gasteiger charge is 2.44. The summed E-state index contributed by atoms with van der Waals surface area (Å²) >= 11 is 0. The van der Waals surface area contributed by atoms with Gasteiger partial charge in [-0.2, -0.15) is 0 Å². The van der Waals surface area contributed by atoms with Crippen molar-refractivity contribution in [2.75, 3.05) is 13.1 Å². The van der Waals surface area contributed by atoms with Gasteiger partial charge in [-0.25, -0.2) is 0 Å². The molecule has 2 aliphatic rings. The molecular formula is C14H27N3O. The van der Waals surface area contributed by atoms with Gasteiger partial charge >= 0.3 is 0 Å². The van der Waals surface area contributed by atoms with Crippen LogP contribution >= 0.6 is 0 Å². The molecule has 2 unspecified atom stereocenters. The van der Waals surface area contributed by atoms with Gasteiger partial charge in [-0.1, -0.05) is 32.6 Å². The summed E-state index contributed by atoms with van der Waals surface area (Å²) in [4.78, 5) is 12.0. The standard InChI is InChI=1S/C14H27N3O/c1-11-10-16-9-8-14(11,13(15)18)17-12-6-4-2-3-5-7-12/h11-12,16-17H,2-10H2,1H3,(H2,15,18). The molecule has 0 bridgehead atoms. The van der Waals surface area contributed by atoms with Crippen molar-refractivity contribution in [1.29, 1.82) is 0 Å². The van der Waals surface area contributed by atoms with Crippen LogP contribution in [0.1, 0.15) is 51.9 Å². The van der Waals surface area contributed by atoms with Crippen LogP contribution in [0.4, 0.5) is 0 Å². The number of rotatable bonds is 3. The van der Waals surface area contributed by atoms with Gasteiger partial charge in [-0.3, -0.25) is 4.79 Å². The first kappa shape index (κ1) is 13.8. The molecular weight excluding hydrogens is 226 g/mol. The minimum atomic E-state index is -0.486. The van der Waals surface area contributed by atoms with E-state index >= 15 is 0 Å². The monoisotopic (exact) mass is 253 g/mol. The lowest BCUT2D eigenvalue weighted by Crippen LogP contribution is -2.67. The van der Waals surface area contributed by atoms with E-state index in [0.717, 1.165) is 19.5 Å². The molecule has 2 fully saturated rings. The molecule has 1 amide bonds. The van der Waals surface area contributed by atoms with Gasteiger partial charge in [0.15, 0.2) is 0 Å². The molecule has 4 N–H and O–H groups in total. The summed E-state index contributed by atoms with van der Waals surface area (Å²) in [6.07, 6.45) is 8.42. The zero-order valence-corrected chi connectivity index (χ0v) is 11.5. The second kappa shape index (κ2) is 6.02. The van der Waals surface area contributed by atoms with Gasteiger partial charge in [0.05, 0.1) is 0 Å². The molecule has 1 aliphatic heterocycles. The van der Waals surface area contributed by atoms with Gasteiger partial charge in [-0.15, -0.1) is 0 Å². The average Bonchev–Trinajstić information content (AvgIpc) is 2.60. The predicted molar refractivity (Wildman–Crippen MR) is 73.2 cm³/mol. The van der Waals surface area contributed by atoms with Gasteiger partial charge < -0.3 is 16.4 Å². The molecule has 0 radical (unpaired) electrons. The molecule has 18 heavy (non-hydrogen) atoms. The quantitative estimate of drug-likeness (QED) is 0.661.